The van der Waals surface area contributed by atoms with Crippen molar-refractivity contribution in [3.05, 3.63) is 76.4 Å². The van der Waals surface area contributed by atoms with E-state index in [1.54, 1.807) is 14.2 Å². The highest BCUT2D eigenvalue weighted by Gasteiger charge is 2.72. The molecule has 51 heavy (non-hydrogen) atoms. The van der Waals surface area contributed by atoms with Crippen molar-refractivity contribution in [2.45, 2.75) is 80.6 Å². The molecule has 10 unspecified atom stereocenters. The van der Waals surface area contributed by atoms with E-state index in [-0.39, 0.29) is 47.7 Å². The molecule has 2 aromatic carbocycles. The van der Waals surface area contributed by atoms with Gasteiger partial charge in [-0.05, 0) is 81.8 Å². The van der Waals surface area contributed by atoms with E-state index in [1.165, 1.54) is 29.4 Å². The van der Waals surface area contributed by atoms with Crippen molar-refractivity contribution in [2.24, 2.45) is 17.8 Å². The number of para-hydroxylation sites is 1. The minimum Gasteiger partial charge on any atom is -0.496 e. The molecule has 10 rings (SSSR count). The summed E-state index contributed by atoms with van der Waals surface area (Å²) in [7, 11) is 7.14. The maximum atomic E-state index is 14.3. The number of carbonyl (C=O) groups is 2. The third kappa shape index (κ3) is 3.60. The molecule has 8 aliphatic rings. The predicted molar refractivity (Wildman–Crippen MR) is 195 cm³/mol. The summed E-state index contributed by atoms with van der Waals surface area (Å²) in [6.45, 7) is 7.99. The molecule has 0 amide bonds. The summed E-state index contributed by atoms with van der Waals surface area (Å²) in [5.74, 6) is 0.682. The van der Waals surface area contributed by atoms with Gasteiger partial charge < -0.3 is 24.0 Å². The van der Waals surface area contributed by atoms with Crippen molar-refractivity contribution in [2.75, 3.05) is 64.4 Å². The number of hydrogen-bond acceptors (Lipinski definition) is 9. The lowest BCUT2D eigenvalue weighted by Crippen LogP contribution is -2.74. The number of methoxy groups -OCH3 is 3. The Balaban J connectivity index is 1.27. The van der Waals surface area contributed by atoms with E-state index in [0.29, 0.717) is 6.04 Å². The molecule has 2 aromatic rings. The summed E-state index contributed by atoms with van der Waals surface area (Å²) in [6, 6.07) is 13.7. The molecule has 0 N–H and O–H groups in total. The molecule has 0 aromatic heterocycles. The van der Waals surface area contributed by atoms with E-state index in [9.17, 15) is 9.59 Å². The number of fused-ring (bicyclic) bond motifs is 6. The highest BCUT2D eigenvalue weighted by Crippen LogP contribution is 2.69. The van der Waals surface area contributed by atoms with Gasteiger partial charge in [-0.25, -0.2) is 4.79 Å². The summed E-state index contributed by atoms with van der Waals surface area (Å²) < 4.78 is 18.0. The van der Waals surface area contributed by atoms with Gasteiger partial charge in [-0.3, -0.25) is 14.6 Å². The van der Waals surface area contributed by atoms with Crippen LogP contribution in [-0.2, 0) is 30.0 Å². The van der Waals surface area contributed by atoms with Crippen LogP contribution in [0.2, 0.25) is 0 Å². The normalized spacial score (nSPS) is 39.9. The summed E-state index contributed by atoms with van der Waals surface area (Å²) in [4.78, 5) is 38.9. The van der Waals surface area contributed by atoms with Crippen molar-refractivity contribution in [1.82, 2.24) is 9.80 Å². The molecule has 268 valence electrons. The molecule has 9 heteroatoms. The Hall–Kier alpha value is -3.82. The topological polar surface area (TPSA) is 74.8 Å². The number of ether oxygens (including phenoxy) is 3. The van der Waals surface area contributed by atoms with Crippen LogP contribution in [0.4, 0.5) is 11.4 Å². The first-order chi connectivity index (χ1) is 24.8. The number of nitrogens with zero attached hydrogens (tertiary/aromatic N) is 4. The molecule has 0 radical (unpaired) electrons. The van der Waals surface area contributed by atoms with Gasteiger partial charge in [0.15, 0.2) is 0 Å². The number of piperidine rings is 5. The summed E-state index contributed by atoms with van der Waals surface area (Å²) in [5.41, 5.74) is 7.72. The molecule has 5 bridgehead atoms. The van der Waals surface area contributed by atoms with Gasteiger partial charge >= 0.3 is 11.9 Å². The van der Waals surface area contributed by atoms with Crippen molar-refractivity contribution in [3.63, 3.8) is 0 Å². The molecule has 10 atom stereocenters. The number of anilines is 2. The number of rotatable bonds is 4. The van der Waals surface area contributed by atoms with E-state index in [2.05, 4.69) is 89.0 Å². The third-order valence-corrected chi connectivity index (χ3v) is 15.3. The quantitative estimate of drug-likeness (QED) is 0.326. The lowest BCUT2D eigenvalue weighted by atomic mass is 9.49. The number of hydrogen-bond donors (Lipinski definition) is 0. The van der Waals surface area contributed by atoms with Gasteiger partial charge in [0.05, 0.1) is 38.8 Å². The Morgan fingerprint density at radius 2 is 1.61 bits per heavy atom. The van der Waals surface area contributed by atoms with Crippen LogP contribution in [0.5, 0.6) is 5.75 Å². The first-order valence-electron chi connectivity index (χ1n) is 19.1. The number of benzene rings is 2. The van der Waals surface area contributed by atoms with Gasteiger partial charge in [0.25, 0.3) is 0 Å². The molecular formula is C42H50N4O5. The Kier molecular flexibility index (Phi) is 6.79. The second-order valence-electron chi connectivity index (χ2n) is 16.4. The van der Waals surface area contributed by atoms with Gasteiger partial charge in [0.1, 0.15) is 11.8 Å². The van der Waals surface area contributed by atoms with Crippen LogP contribution >= 0.6 is 0 Å². The molecule has 1 saturated carbocycles. The summed E-state index contributed by atoms with van der Waals surface area (Å²) in [6.07, 6.45) is 8.22. The largest absolute Gasteiger partial charge is 0.496 e. The molecule has 6 fully saturated rings. The second-order valence-corrected chi connectivity index (χ2v) is 16.4. The minimum absolute atomic E-state index is 0.0567. The molecule has 1 aliphatic carbocycles. The monoisotopic (exact) mass is 690 g/mol. The average molecular weight is 691 g/mol. The number of carbonyl (C=O) groups excluding carboxylic acids is 2. The van der Waals surface area contributed by atoms with Crippen LogP contribution in [-0.4, -0.2) is 100 Å². The van der Waals surface area contributed by atoms with Crippen LogP contribution in [0.3, 0.4) is 0 Å². The fraction of sp³-hybridized carbons (Fsp3) is 0.571. The van der Waals surface area contributed by atoms with E-state index >= 15 is 0 Å². The molecule has 0 spiro atoms. The van der Waals surface area contributed by atoms with Crippen molar-refractivity contribution >= 4 is 23.3 Å². The number of allylic oxidation sites excluding steroid dienone is 2. The molecule has 7 aliphatic heterocycles. The van der Waals surface area contributed by atoms with Crippen LogP contribution in [0.1, 0.15) is 62.1 Å². The van der Waals surface area contributed by atoms with Gasteiger partial charge in [0.2, 0.25) is 0 Å². The van der Waals surface area contributed by atoms with Crippen molar-refractivity contribution < 1.29 is 23.8 Å². The lowest BCUT2D eigenvalue weighted by Gasteiger charge is -2.65. The zero-order chi connectivity index (χ0) is 35.1. The molecule has 5 saturated heterocycles. The lowest BCUT2D eigenvalue weighted by molar-refractivity contribution is -0.158. The van der Waals surface area contributed by atoms with Crippen molar-refractivity contribution in [1.29, 1.82) is 0 Å². The minimum atomic E-state index is -0.565. The third-order valence-electron chi connectivity index (χ3n) is 15.3. The Morgan fingerprint density at radius 3 is 2.35 bits per heavy atom. The standard InChI is InChI=1S/C42H50N4O5/c1-7-23-21-44-16-14-41-29-19-30(34(49-4)20-32(29)43(3)38(41)33(44)17-26(23)36(41)39(47)50-5)42-28-13-15-45-22-24(8-2)27(18-35(42)45)37(40(48)51-6)46(42)31-12-10-9-11-25(28)31/h7-12,19-20,26-28,33,35-38H,13-18,21-22H2,1-6H3. The highest BCUT2D eigenvalue weighted by molar-refractivity contribution is 5.87. The number of likely N-dealkylation sites (N-methyl/N-ethyl adjacent to an activating group) is 1. The summed E-state index contributed by atoms with van der Waals surface area (Å²) >= 11 is 0. The van der Waals surface area contributed by atoms with Gasteiger partial charge in [-0.2, -0.15) is 0 Å². The van der Waals surface area contributed by atoms with Crippen LogP contribution in [0.25, 0.3) is 0 Å². The van der Waals surface area contributed by atoms with E-state index in [4.69, 9.17) is 14.2 Å². The van der Waals surface area contributed by atoms with E-state index < -0.39 is 17.0 Å². The SMILES string of the molecule is CC=C1CN2CCC3c4ccccc4N4C(C(=O)OC)C1CC2C34c1cc2c(cc1OC)N(C)C1C3CC4C(=CC)CN3CCC21C4C(=O)OC. The maximum Gasteiger partial charge on any atom is 0.329 e. The second kappa shape index (κ2) is 10.9. The smallest absolute Gasteiger partial charge is 0.329 e. The fourth-order valence-corrected chi connectivity index (χ4v) is 13.7. The van der Waals surface area contributed by atoms with Gasteiger partial charge in [0, 0.05) is 72.5 Å². The average Bonchev–Trinajstić information content (AvgIpc) is 3.60. The first-order valence-corrected chi connectivity index (χ1v) is 19.1. The Morgan fingerprint density at radius 1 is 0.863 bits per heavy atom. The maximum absolute atomic E-state index is 14.3. The zero-order valence-corrected chi connectivity index (χ0v) is 30.7. The van der Waals surface area contributed by atoms with Crippen LogP contribution in [0, 0.1) is 17.8 Å². The van der Waals surface area contributed by atoms with Gasteiger partial charge in [-0.1, -0.05) is 41.5 Å². The molecular weight excluding hydrogens is 640 g/mol. The fourth-order valence-electron chi connectivity index (χ4n) is 13.7. The van der Waals surface area contributed by atoms with Crippen molar-refractivity contribution in [3.8, 4) is 5.75 Å². The Bertz CT molecular complexity index is 1920. The molecule has 7 heterocycles. The summed E-state index contributed by atoms with van der Waals surface area (Å²) in [5, 5.41) is 0. The number of esters is 2. The Labute approximate surface area is 301 Å². The van der Waals surface area contributed by atoms with E-state index in [1.807, 2.05) is 0 Å². The van der Waals surface area contributed by atoms with Crippen LogP contribution in [0.15, 0.2) is 59.7 Å². The highest BCUT2D eigenvalue weighted by atomic mass is 16.5. The molecule has 9 nitrogen and oxygen atoms in total. The van der Waals surface area contributed by atoms with Gasteiger partial charge in [-0.15, -0.1) is 0 Å². The van der Waals surface area contributed by atoms with E-state index in [0.717, 1.165) is 74.6 Å². The van der Waals surface area contributed by atoms with Crippen LogP contribution < -0.4 is 14.5 Å². The predicted octanol–water partition coefficient (Wildman–Crippen LogP) is 4.99. The first kappa shape index (κ1) is 31.9. The zero-order valence-electron chi connectivity index (χ0n) is 30.7.